The number of H-pyrrole nitrogens is 1. The number of hydrogen-bond donors (Lipinski definition) is 3. The van der Waals surface area contributed by atoms with Gasteiger partial charge in [0.15, 0.2) is 0 Å². The third-order valence-electron chi connectivity index (χ3n) is 9.85. The number of amides is 2. The van der Waals surface area contributed by atoms with E-state index in [1.807, 2.05) is 6.07 Å². The van der Waals surface area contributed by atoms with Crippen molar-refractivity contribution < 1.29 is 22.8 Å². The molecule has 1 aliphatic carbocycles. The van der Waals surface area contributed by atoms with Gasteiger partial charge in [-0.3, -0.25) is 14.6 Å². The number of aromatic amines is 1. The molecule has 1 saturated heterocycles. The lowest BCUT2D eigenvalue weighted by Crippen LogP contribution is -2.43. The van der Waals surface area contributed by atoms with Crippen LogP contribution >= 0.6 is 0 Å². The number of fused-ring (bicyclic) bond motifs is 2. The Morgan fingerprint density at radius 2 is 1.72 bits per heavy atom. The normalized spacial score (nSPS) is 20.0. The van der Waals surface area contributed by atoms with Gasteiger partial charge in [0.25, 0.3) is 11.8 Å². The number of carbonyl (C=O) groups is 2. The molecule has 236 valence electrons. The summed E-state index contributed by atoms with van der Waals surface area (Å²) in [4.78, 5) is 34.7. The van der Waals surface area contributed by atoms with Crippen LogP contribution < -0.4 is 10.6 Å². The number of unbranched alkanes of at least 4 members (excludes halogenated alkanes) is 1. The molecule has 2 fully saturated rings. The first-order valence-electron chi connectivity index (χ1n) is 16.3. The van der Waals surface area contributed by atoms with E-state index < -0.39 is 17.6 Å². The van der Waals surface area contributed by atoms with Gasteiger partial charge in [-0.25, -0.2) is 0 Å². The van der Waals surface area contributed by atoms with Crippen molar-refractivity contribution >= 4 is 11.8 Å². The third kappa shape index (κ3) is 7.80. The summed E-state index contributed by atoms with van der Waals surface area (Å²) < 4.78 is 40.0. The van der Waals surface area contributed by atoms with E-state index >= 15 is 0 Å². The SMILES string of the molecule is O=C(NCCCCC1CCN(C(=O)c2cnccc2C(F)(F)F)CC1)c1cc2c([nH]1)C1(CCCCCCCCC1)CNC2. The highest BCUT2D eigenvalue weighted by atomic mass is 19.4. The van der Waals surface area contributed by atoms with Crippen LogP contribution in [-0.4, -0.2) is 52.9 Å². The quantitative estimate of drug-likeness (QED) is 0.307. The van der Waals surface area contributed by atoms with Gasteiger partial charge in [0.2, 0.25) is 0 Å². The number of pyridine rings is 1. The Morgan fingerprint density at radius 3 is 2.42 bits per heavy atom. The van der Waals surface area contributed by atoms with E-state index in [9.17, 15) is 22.8 Å². The Morgan fingerprint density at radius 1 is 1.02 bits per heavy atom. The molecule has 1 saturated carbocycles. The smallest absolute Gasteiger partial charge is 0.354 e. The van der Waals surface area contributed by atoms with Crippen LogP contribution in [0, 0.1) is 5.92 Å². The molecule has 7 nitrogen and oxygen atoms in total. The van der Waals surface area contributed by atoms with Crippen LogP contribution in [0.5, 0.6) is 0 Å². The summed E-state index contributed by atoms with van der Waals surface area (Å²) >= 11 is 0. The minimum absolute atomic E-state index is 0.0511. The summed E-state index contributed by atoms with van der Waals surface area (Å²) in [6.07, 6.45) is 13.2. The fourth-order valence-electron chi connectivity index (χ4n) is 7.38. The fourth-order valence-corrected chi connectivity index (χ4v) is 7.38. The second-order valence-corrected chi connectivity index (χ2v) is 12.8. The molecule has 0 radical (unpaired) electrons. The molecule has 0 atom stereocenters. The maximum absolute atomic E-state index is 13.3. The Balaban J connectivity index is 1.05. The Hall–Kier alpha value is -2.88. The Labute approximate surface area is 252 Å². The standard InChI is InChI=1S/C33H46F3N5O2/c34-33(35,36)27-11-17-37-22-26(27)31(43)41-18-12-24(13-19-41)10-6-9-16-39-30(42)28-20-25-21-38-23-32(29(25)40-28)14-7-4-2-1-3-5-8-15-32/h11,17,20,22,24,38,40H,1-10,12-16,18-19,21,23H2,(H,39,42). The zero-order valence-electron chi connectivity index (χ0n) is 25.2. The van der Waals surface area contributed by atoms with Crippen molar-refractivity contribution in [1.29, 1.82) is 0 Å². The van der Waals surface area contributed by atoms with Crippen LogP contribution in [0.15, 0.2) is 24.5 Å². The number of nitrogens with zero attached hydrogens (tertiary/aromatic N) is 2. The number of carbonyl (C=O) groups excluding carboxylic acids is 2. The molecule has 10 heteroatoms. The Kier molecular flexibility index (Phi) is 10.5. The molecule has 2 aliphatic heterocycles. The molecule has 2 aromatic heterocycles. The zero-order chi connectivity index (χ0) is 30.3. The number of piperidine rings is 1. The van der Waals surface area contributed by atoms with E-state index in [0.29, 0.717) is 31.2 Å². The average Bonchev–Trinajstić information content (AvgIpc) is 3.46. The summed E-state index contributed by atoms with van der Waals surface area (Å²) in [6, 6.07) is 2.90. The minimum Gasteiger partial charge on any atom is -0.354 e. The van der Waals surface area contributed by atoms with Crippen LogP contribution in [0.25, 0.3) is 0 Å². The summed E-state index contributed by atoms with van der Waals surface area (Å²) in [6.45, 7) is 3.27. The number of halogens is 3. The second-order valence-electron chi connectivity index (χ2n) is 12.8. The van der Waals surface area contributed by atoms with Crippen molar-refractivity contribution in [3.05, 3.63) is 52.6 Å². The summed E-state index contributed by atoms with van der Waals surface area (Å²) in [5, 5.41) is 6.73. The van der Waals surface area contributed by atoms with Crippen LogP contribution in [0.2, 0.25) is 0 Å². The number of rotatable bonds is 7. The van der Waals surface area contributed by atoms with Gasteiger partial charge in [-0.2, -0.15) is 13.2 Å². The monoisotopic (exact) mass is 601 g/mol. The first kappa shape index (κ1) is 31.5. The van der Waals surface area contributed by atoms with E-state index in [2.05, 4.69) is 20.6 Å². The van der Waals surface area contributed by atoms with Crippen molar-refractivity contribution in [2.75, 3.05) is 26.2 Å². The molecule has 3 aliphatic rings. The van der Waals surface area contributed by atoms with Crippen molar-refractivity contribution in [1.82, 2.24) is 25.5 Å². The van der Waals surface area contributed by atoms with E-state index in [1.54, 1.807) is 0 Å². The molecule has 0 unspecified atom stereocenters. The van der Waals surface area contributed by atoms with Gasteiger partial charge in [0.05, 0.1) is 11.1 Å². The van der Waals surface area contributed by atoms with E-state index in [-0.39, 0.29) is 16.9 Å². The molecule has 2 aromatic rings. The van der Waals surface area contributed by atoms with E-state index in [1.165, 1.54) is 73.9 Å². The van der Waals surface area contributed by atoms with Crippen LogP contribution in [0.3, 0.4) is 0 Å². The molecular weight excluding hydrogens is 555 g/mol. The molecule has 3 N–H and O–H groups in total. The Bertz CT molecular complexity index is 1230. The topological polar surface area (TPSA) is 90.1 Å². The van der Waals surface area contributed by atoms with Crippen LogP contribution in [0.4, 0.5) is 13.2 Å². The predicted octanol–water partition coefficient (Wildman–Crippen LogP) is 6.75. The summed E-state index contributed by atoms with van der Waals surface area (Å²) in [7, 11) is 0. The van der Waals surface area contributed by atoms with Gasteiger partial charge in [-0.15, -0.1) is 0 Å². The van der Waals surface area contributed by atoms with Gasteiger partial charge >= 0.3 is 6.18 Å². The zero-order valence-corrected chi connectivity index (χ0v) is 25.2. The van der Waals surface area contributed by atoms with E-state index in [4.69, 9.17) is 0 Å². The number of nitrogens with one attached hydrogen (secondary N) is 3. The van der Waals surface area contributed by atoms with Gasteiger partial charge in [-0.05, 0) is 55.7 Å². The molecule has 2 amide bonds. The van der Waals surface area contributed by atoms with Gasteiger partial charge in [0.1, 0.15) is 5.69 Å². The molecule has 43 heavy (non-hydrogen) atoms. The van der Waals surface area contributed by atoms with Crippen molar-refractivity contribution in [3.63, 3.8) is 0 Å². The lowest BCUT2D eigenvalue weighted by atomic mass is 9.72. The highest BCUT2D eigenvalue weighted by molar-refractivity contribution is 5.95. The molecular formula is C33H46F3N5O2. The highest BCUT2D eigenvalue weighted by Gasteiger charge is 2.39. The minimum atomic E-state index is -4.59. The van der Waals surface area contributed by atoms with Gasteiger partial charge in [0, 0.05) is 56.2 Å². The molecule has 1 spiro atoms. The molecule has 0 bridgehead atoms. The lowest BCUT2D eigenvalue weighted by molar-refractivity contribution is -0.138. The molecule has 5 rings (SSSR count). The highest BCUT2D eigenvalue weighted by Crippen LogP contribution is 2.40. The van der Waals surface area contributed by atoms with Gasteiger partial charge in [-0.1, -0.05) is 57.8 Å². The van der Waals surface area contributed by atoms with Gasteiger partial charge < -0.3 is 20.5 Å². The number of alkyl halides is 3. The largest absolute Gasteiger partial charge is 0.417 e. The third-order valence-corrected chi connectivity index (χ3v) is 9.85. The first-order chi connectivity index (χ1) is 20.8. The van der Waals surface area contributed by atoms with Crippen molar-refractivity contribution in [2.24, 2.45) is 5.92 Å². The first-order valence-corrected chi connectivity index (χ1v) is 16.3. The number of likely N-dealkylation sites (tertiary alicyclic amines) is 1. The van der Waals surface area contributed by atoms with Crippen molar-refractivity contribution in [2.45, 2.75) is 108 Å². The van der Waals surface area contributed by atoms with Crippen LogP contribution in [-0.2, 0) is 18.1 Å². The number of hydrogen-bond acceptors (Lipinski definition) is 4. The molecule has 0 aromatic carbocycles. The maximum atomic E-state index is 13.3. The predicted molar refractivity (Wildman–Crippen MR) is 160 cm³/mol. The maximum Gasteiger partial charge on any atom is 0.417 e. The molecule has 4 heterocycles. The van der Waals surface area contributed by atoms with Crippen molar-refractivity contribution in [3.8, 4) is 0 Å². The second kappa shape index (κ2) is 14.3. The van der Waals surface area contributed by atoms with Crippen LogP contribution in [0.1, 0.15) is 128 Å². The average molecular weight is 602 g/mol. The van der Waals surface area contributed by atoms with E-state index in [0.717, 1.165) is 63.7 Å². The number of aromatic nitrogens is 2. The summed E-state index contributed by atoms with van der Waals surface area (Å²) in [5.74, 6) is -0.230. The fraction of sp³-hybridized carbons (Fsp3) is 0.667. The lowest BCUT2D eigenvalue weighted by Gasteiger charge is -2.38. The summed E-state index contributed by atoms with van der Waals surface area (Å²) in [5.41, 5.74) is 1.95.